The van der Waals surface area contributed by atoms with Crippen molar-refractivity contribution in [3.8, 4) is 0 Å². The van der Waals surface area contributed by atoms with Crippen molar-refractivity contribution < 1.29 is 18.8 Å². The molecule has 1 aliphatic heterocycles. The van der Waals surface area contributed by atoms with Crippen LogP contribution in [0, 0.1) is 12.7 Å². The first-order chi connectivity index (χ1) is 17.3. The van der Waals surface area contributed by atoms with Crippen LogP contribution in [-0.4, -0.2) is 72.3 Å². The van der Waals surface area contributed by atoms with E-state index in [4.69, 9.17) is 0 Å². The molecule has 8 nitrogen and oxygen atoms in total. The lowest BCUT2D eigenvalue weighted by Crippen LogP contribution is -2.49. The number of benzene rings is 2. The summed E-state index contributed by atoms with van der Waals surface area (Å²) < 4.78 is 13.6. The van der Waals surface area contributed by atoms with E-state index in [1.807, 2.05) is 31.0 Å². The summed E-state index contributed by atoms with van der Waals surface area (Å²) in [4.78, 5) is 39.8. The van der Waals surface area contributed by atoms with E-state index >= 15 is 0 Å². The molecule has 2 aromatic rings. The van der Waals surface area contributed by atoms with Gasteiger partial charge >= 0.3 is 0 Å². The summed E-state index contributed by atoms with van der Waals surface area (Å²) in [6.45, 7) is 6.61. The summed E-state index contributed by atoms with van der Waals surface area (Å²) in [6.07, 6.45) is 1.25. The maximum Gasteiger partial charge on any atom is 0.256 e. The molecular formula is C27H34FN5O3. The predicted octanol–water partition coefficient (Wildman–Crippen LogP) is 2.50. The first kappa shape index (κ1) is 25.8. The summed E-state index contributed by atoms with van der Waals surface area (Å²) in [5, 5.41) is 9.80. The van der Waals surface area contributed by atoms with Crippen molar-refractivity contribution >= 4 is 23.3 Å². The van der Waals surface area contributed by atoms with Crippen LogP contribution in [0.1, 0.15) is 46.0 Å². The molecule has 2 N–H and O–H groups in total. The van der Waals surface area contributed by atoms with Gasteiger partial charge in [-0.25, -0.2) is 9.40 Å². The molecule has 0 atom stereocenters. The van der Waals surface area contributed by atoms with Crippen molar-refractivity contribution in [3.05, 3.63) is 64.0 Å². The number of amides is 2. The Labute approximate surface area is 211 Å². The Morgan fingerprint density at radius 3 is 2.61 bits per heavy atom. The predicted molar refractivity (Wildman–Crippen MR) is 136 cm³/mol. The second-order valence-electron chi connectivity index (χ2n) is 9.42. The molecule has 192 valence electrons. The lowest BCUT2D eigenvalue weighted by atomic mass is 10.0. The molecule has 0 bridgehead atoms. The Morgan fingerprint density at radius 2 is 1.83 bits per heavy atom. The molecule has 0 saturated carbocycles. The molecule has 0 unspecified atom stereocenters. The lowest BCUT2D eigenvalue weighted by Gasteiger charge is -2.31. The Hall–Kier alpha value is -3.30. The third-order valence-electron chi connectivity index (χ3n) is 6.95. The number of halogens is 1. The zero-order valence-corrected chi connectivity index (χ0v) is 21.2. The monoisotopic (exact) mass is 495 g/mol. The van der Waals surface area contributed by atoms with Gasteiger partial charge in [-0.3, -0.25) is 19.4 Å². The average molecular weight is 496 g/mol. The van der Waals surface area contributed by atoms with Crippen molar-refractivity contribution in [1.29, 1.82) is 0 Å². The number of rotatable bonds is 10. The minimum atomic E-state index is -0.289. The SMILES string of the molecule is CCNCCN(CC(=O)N(C)N1Cc2ccc(F)cc2C1)C(=O)CNc1cc2c(cc1C)C(=O)CC2. The highest BCUT2D eigenvalue weighted by Gasteiger charge is 2.28. The summed E-state index contributed by atoms with van der Waals surface area (Å²) in [5.41, 5.74) is 5.38. The number of ketones is 1. The fraction of sp³-hybridized carbons (Fsp3) is 0.444. The molecule has 4 rings (SSSR count). The zero-order valence-electron chi connectivity index (χ0n) is 21.2. The molecular weight excluding hydrogens is 461 g/mol. The fourth-order valence-corrected chi connectivity index (χ4v) is 4.74. The molecule has 2 amide bonds. The number of hydrogen-bond donors (Lipinski definition) is 2. The third-order valence-corrected chi connectivity index (χ3v) is 6.95. The topological polar surface area (TPSA) is 85.0 Å². The van der Waals surface area contributed by atoms with E-state index in [-0.39, 0.29) is 36.5 Å². The van der Waals surface area contributed by atoms with Crippen LogP contribution in [0.5, 0.6) is 0 Å². The number of Topliss-reactive ketones (excluding diaryl/α,β-unsaturated/α-hetero) is 1. The quantitative estimate of drug-likeness (QED) is 0.493. The number of anilines is 1. The molecule has 0 radical (unpaired) electrons. The van der Waals surface area contributed by atoms with Crippen LogP contribution in [-0.2, 0) is 29.1 Å². The standard InChI is InChI=1S/C27H34FN5O3/c1-4-29-9-10-32(17-27(36)31(3)33-15-20-5-7-22(28)12-21(20)16-33)26(35)14-30-24-13-19-6-8-25(34)23(19)11-18(24)2/h5,7,11-13,29-30H,4,6,8-10,14-17H2,1-3H3. The van der Waals surface area contributed by atoms with Crippen LogP contribution in [0.15, 0.2) is 30.3 Å². The number of likely N-dealkylation sites (N-methyl/N-ethyl adjacent to an activating group) is 2. The van der Waals surface area contributed by atoms with E-state index in [1.54, 1.807) is 18.0 Å². The van der Waals surface area contributed by atoms with Crippen LogP contribution in [0.3, 0.4) is 0 Å². The van der Waals surface area contributed by atoms with E-state index in [9.17, 15) is 18.8 Å². The van der Waals surface area contributed by atoms with Gasteiger partial charge in [0.1, 0.15) is 12.4 Å². The molecule has 2 aromatic carbocycles. The molecule has 0 fully saturated rings. The number of nitrogens with zero attached hydrogens (tertiary/aromatic N) is 3. The third kappa shape index (κ3) is 5.74. The van der Waals surface area contributed by atoms with E-state index < -0.39 is 0 Å². The molecule has 1 heterocycles. The number of hydrazine groups is 1. The number of hydrogen-bond acceptors (Lipinski definition) is 6. The van der Waals surface area contributed by atoms with Gasteiger partial charge in [0.25, 0.3) is 5.91 Å². The average Bonchev–Trinajstić information content (AvgIpc) is 3.44. The maximum absolute atomic E-state index is 13.6. The highest BCUT2D eigenvalue weighted by atomic mass is 19.1. The maximum atomic E-state index is 13.6. The van der Waals surface area contributed by atoms with Gasteiger partial charge in [-0.2, -0.15) is 0 Å². The molecule has 0 aromatic heterocycles. The Kier molecular flexibility index (Phi) is 8.01. The second-order valence-corrected chi connectivity index (χ2v) is 9.42. The van der Waals surface area contributed by atoms with Gasteiger partial charge in [-0.15, -0.1) is 0 Å². The van der Waals surface area contributed by atoms with E-state index in [1.165, 1.54) is 17.1 Å². The minimum Gasteiger partial charge on any atom is -0.376 e. The van der Waals surface area contributed by atoms with Gasteiger partial charge in [-0.1, -0.05) is 13.0 Å². The van der Waals surface area contributed by atoms with Gasteiger partial charge in [0.05, 0.1) is 6.54 Å². The lowest BCUT2D eigenvalue weighted by molar-refractivity contribution is -0.151. The number of fused-ring (bicyclic) bond motifs is 2. The van der Waals surface area contributed by atoms with Gasteiger partial charge < -0.3 is 15.5 Å². The van der Waals surface area contributed by atoms with Crippen molar-refractivity contribution in [2.24, 2.45) is 0 Å². The first-order valence-electron chi connectivity index (χ1n) is 12.4. The van der Waals surface area contributed by atoms with Gasteiger partial charge in [0, 0.05) is 50.9 Å². The molecule has 2 aliphatic rings. The zero-order chi connectivity index (χ0) is 25.8. The van der Waals surface area contributed by atoms with Crippen LogP contribution in [0.2, 0.25) is 0 Å². The van der Waals surface area contributed by atoms with Crippen molar-refractivity contribution in [2.45, 2.75) is 39.8 Å². The van der Waals surface area contributed by atoms with Gasteiger partial charge in [0.2, 0.25) is 5.91 Å². The number of nitrogens with one attached hydrogen (secondary N) is 2. The second kappa shape index (κ2) is 11.2. The Bertz CT molecular complexity index is 1170. The normalized spacial score (nSPS) is 14.5. The van der Waals surface area contributed by atoms with Crippen LogP contribution in [0.25, 0.3) is 0 Å². The highest BCUT2D eigenvalue weighted by Crippen LogP contribution is 2.28. The largest absolute Gasteiger partial charge is 0.376 e. The van der Waals surface area contributed by atoms with Gasteiger partial charge in [0.15, 0.2) is 5.78 Å². The van der Waals surface area contributed by atoms with Crippen LogP contribution >= 0.6 is 0 Å². The minimum absolute atomic E-state index is 0.0468. The molecule has 9 heteroatoms. The van der Waals surface area contributed by atoms with Crippen LogP contribution < -0.4 is 10.6 Å². The number of carbonyl (C=O) groups is 3. The van der Waals surface area contributed by atoms with Crippen molar-refractivity contribution in [1.82, 2.24) is 20.2 Å². The number of carbonyl (C=O) groups excluding carboxylic acids is 3. The summed E-state index contributed by atoms with van der Waals surface area (Å²) in [5.74, 6) is -0.514. The van der Waals surface area contributed by atoms with Crippen molar-refractivity contribution in [3.63, 3.8) is 0 Å². The van der Waals surface area contributed by atoms with E-state index in [0.29, 0.717) is 32.6 Å². The fourth-order valence-electron chi connectivity index (χ4n) is 4.74. The number of aryl methyl sites for hydroxylation is 2. The Morgan fingerprint density at radius 1 is 1.06 bits per heavy atom. The first-order valence-corrected chi connectivity index (χ1v) is 12.4. The summed E-state index contributed by atoms with van der Waals surface area (Å²) in [6, 6.07) is 8.52. The van der Waals surface area contributed by atoms with Crippen molar-refractivity contribution in [2.75, 3.05) is 45.1 Å². The smallest absolute Gasteiger partial charge is 0.256 e. The van der Waals surface area contributed by atoms with E-state index in [2.05, 4.69) is 10.6 Å². The molecule has 0 spiro atoms. The van der Waals surface area contributed by atoms with E-state index in [0.717, 1.165) is 46.5 Å². The Balaban J connectivity index is 1.38. The van der Waals surface area contributed by atoms with Gasteiger partial charge in [-0.05, 0) is 66.4 Å². The molecule has 1 aliphatic carbocycles. The molecule has 0 saturated heterocycles. The highest BCUT2D eigenvalue weighted by molar-refractivity contribution is 6.01. The summed E-state index contributed by atoms with van der Waals surface area (Å²) >= 11 is 0. The van der Waals surface area contributed by atoms with Crippen LogP contribution in [0.4, 0.5) is 10.1 Å². The summed E-state index contributed by atoms with van der Waals surface area (Å²) in [7, 11) is 1.69. The molecule has 36 heavy (non-hydrogen) atoms.